The highest BCUT2D eigenvalue weighted by Crippen LogP contribution is 2.55. The molecule has 9 heteroatoms. The van der Waals surface area contributed by atoms with E-state index in [1.807, 2.05) is 13.0 Å². The highest BCUT2D eigenvalue weighted by Gasteiger charge is 2.73. The summed E-state index contributed by atoms with van der Waals surface area (Å²) in [6.45, 7) is 12.3. The van der Waals surface area contributed by atoms with E-state index in [1.54, 1.807) is 20.8 Å². The van der Waals surface area contributed by atoms with Crippen molar-refractivity contribution in [1.82, 2.24) is 0 Å². The molecule has 9 nitrogen and oxygen atoms in total. The molecular weight excluding hydrogens is 408 g/mol. The van der Waals surface area contributed by atoms with Crippen molar-refractivity contribution < 1.29 is 42.8 Å². The third-order valence-electron chi connectivity index (χ3n) is 7.15. The molecule has 0 aromatic carbocycles. The third-order valence-corrected chi connectivity index (χ3v) is 7.15. The predicted octanol–water partition coefficient (Wildman–Crippen LogP) is 0.990. The van der Waals surface area contributed by atoms with Crippen LogP contribution in [-0.4, -0.2) is 71.8 Å². The molecule has 31 heavy (non-hydrogen) atoms. The van der Waals surface area contributed by atoms with Gasteiger partial charge >= 0.3 is 17.9 Å². The zero-order chi connectivity index (χ0) is 22.5. The molecule has 0 radical (unpaired) electrons. The second-order valence-corrected chi connectivity index (χ2v) is 9.34. The lowest BCUT2D eigenvalue weighted by atomic mass is 9.80. The summed E-state index contributed by atoms with van der Waals surface area (Å²) in [6.07, 6.45) is -2.08. The van der Waals surface area contributed by atoms with Crippen LogP contribution in [0.1, 0.15) is 34.6 Å². The first-order valence-corrected chi connectivity index (χ1v) is 10.4. The van der Waals surface area contributed by atoms with Gasteiger partial charge in [-0.15, -0.1) is 0 Å². The van der Waals surface area contributed by atoms with Crippen LogP contribution in [0.4, 0.5) is 0 Å². The maximum Gasteiger partial charge on any atom is 0.341 e. The fourth-order valence-electron chi connectivity index (χ4n) is 4.88. The summed E-state index contributed by atoms with van der Waals surface area (Å²) in [4.78, 5) is 37.5. The second-order valence-electron chi connectivity index (χ2n) is 9.34. The average Bonchev–Trinajstić information content (AvgIpc) is 3.61. The Kier molecular flexibility index (Phi) is 4.26. The maximum atomic E-state index is 13.0. The van der Waals surface area contributed by atoms with Crippen molar-refractivity contribution in [2.24, 2.45) is 5.92 Å². The Hall–Kier alpha value is -2.23. The minimum atomic E-state index is -1.09. The van der Waals surface area contributed by atoms with E-state index in [4.69, 9.17) is 28.4 Å². The third kappa shape index (κ3) is 3.05. The van der Waals surface area contributed by atoms with Gasteiger partial charge in [0.25, 0.3) is 0 Å². The van der Waals surface area contributed by atoms with Gasteiger partial charge in [-0.1, -0.05) is 12.7 Å². The number of esters is 3. The number of fused-ring (bicyclic) bond motifs is 5. The predicted molar refractivity (Wildman–Crippen MR) is 103 cm³/mol. The zero-order valence-electron chi connectivity index (χ0n) is 18.1. The van der Waals surface area contributed by atoms with Gasteiger partial charge in [0.15, 0.2) is 17.8 Å². The van der Waals surface area contributed by atoms with Crippen LogP contribution in [0.3, 0.4) is 0 Å². The Labute approximate surface area is 179 Å². The minimum absolute atomic E-state index is 0.148. The first-order chi connectivity index (χ1) is 14.5. The molecule has 1 aliphatic carbocycles. The van der Waals surface area contributed by atoms with Crippen molar-refractivity contribution in [2.45, 2.75) is 88.5 Å². The van der Waals surface area contributed by atoms with Crippen molar-refractivity contribution in [1.29, 1.82) is 0 Å². The summed E-state index contributed by atoms with van der Waals surface area (Å²) in [5.41, 5.74) is -0.931. The van der Waals surface area contributed by atoms with Gasteiger partial charge < -0.3 is 28.4 Å². The number of carbonyl (C=O) groups excluding carboxylic acids is 3. The van der Waals surface area contributed by atoms with Gasteiger partial charge in [-0.25, -0.2) is 9.59 Å². The maximum absolute atomic E-state index is 13.0. The van der Waals surface area contributed by atoms with E-state index in [9.17, 15) is 14.4 Å². The molecule has 4 aliphatic heterocycles. The monoisotopic (exact) mass is 434 g/mol. The van der Waals surface area contributed by atoms with E-state index in [-0.39, 0.29) is 23.9 Å². The fourth-order valence-corrected chi connectivity index (χ4v) is 4.88. The molecule has 0 aromatic heterocycles. The number of epoxide rings is 3. The smallest absolute Gasteiger partial charge is 0.341 e. The summed E-state index contributed by atoms with van der Waals surface area (Å²) in [5.74, 6) is -2.50. The van der Waals surface area contributed by atoms with Crippen LogP contribution >= 0.6 is 0 Å². The van der Waals surface area contributed by atoms with Crippen LogP contribution in [0.5, 0.6) is 0 Å². The normalized spacial score (nSPS) is 51.2. The van der Waals surface area contributed by atoms with E-state index in [0.29, 0.717) is 5.57 Å². The Bertz CT molecular complexity index is 924. The number of hydrogen-bond acceptors (Lipinski definition) is 9. The first-order valence-electron chi connectivity index (χ1n) is 10.4. The van der Waals surface area contributed by atoms with Crippen LogP contribution in [0.2, 0.25) is 0 Å². The van der Waals surface area contributed by atoms with Crippen LogP contribution < -0.4 is 0 Å². The number of carbonyl (C=O) groups is 3. The van der Waals surface area contributed by atoms with E-state index >= 15 is 0 Å². The topological polar surface area (TPSA) is 116 Å². The van der Waals surface area contributed by atoms with E-state index in [1.165, 1.54) is 6.92 Å². The van der Waals surface area contributed by atoms with Gasteiger partial charge in [0.2, 0.25) is 0 Å². The molecule has 5 aliphatic rings. The number of hydrogen-bond donors (Lipinski definition) is 0. The summed E-state index contributed by atoms with van der Waals surface area (Å²) < 4.78 is 34.3. The fraction of sp³-hybridized carbons (Fsp3) is 0.682. The molecule has 4 fully saturated rings. The molecule has 0 saturated carbocycles. The van der Waals surface area contributed by atoms with Crippen LogP contribution in [0.15, 0.2) is 23.8 Å². The van der Waals surface area contributed by atoms with E-state index in [2.05, 4.69) is 6.58 Å². The highest BCUT2D eigenvalue weighted by molar-refractivity contribution is 5.91. The van der Waals surface area contributed by atoms with Crippen LogP contribution in [-0.2, 0) is 42.8 Å². The SMILES string of the molecule is C=C1C(=O)O[C@H]2C1[C@H](OC(=O)[C@@]1(C)O[C@H]1C)[C@@H](OC(C)=O)/C(C)=C\[C@H]1O[C@H]1[C@@]1(C)O[C@H]21. The van der Waals surface area contributed by atoms with Crippen LogP contribution in [0, 0.1) is 5.92 Å². The van der Waals surface area contributed by atoms with Crippen molar-refractivity contribution in [3.63, 3.8) is 0 Å². The van der Waals surface area contributed by atoms with E-state index in [0.717, 1.165) is 0 Å². The lowest BCUT2D eigenvalue weighted by Gasteiger charge is -2.33. The Morgan fingerprint density at radius 2 is 1.84 bits per heavy atom. The summed E-state index contributed by atoms with van der Waals surface area (Å²) >= 11 is 0. The zero-order valence-corrected chi connectivity index (χ0v) is 18.1. The van der Waals surface area contributed by atoms with Gasteiger partial charge in [-0.05, 0) is 33.3 Å². The molecule has 168 valence electrons. The molecule has 0 amide bonds. The molecular formula is C22H26O9. The van der Waals surface area contributed by atoms with Crippen molar-refractivity contribution in [3.05, 3.63) is 23.8 Å². The molecule has 4 heterocycles. The van der Waals surface area contributed by atoms with Crippen molar-refractivity contribution >= 4 is 17.9 Å². The number of ether oxygens (including phenoxy) is 6. The summed E-state index contributed by atoms with van der Waals surface area (Å²) in [6, 6.07) is 0. The Balaban J connectivity index is 1.58. The Morgan fingerprint density at radius 1 is 1.16 bits per heavy atom. The second kappa shape index (κ2) is 6.40. The number of rotatable bonds is 3. The molecule has 4 saturated heterocycles. The molecule has 10 atom stereocenters. The van der Waals surface area contributed by atoms with Gasteiger partial charge in [0.1, 0.15) is 30.0 Å². The van der Waals surface area contributed by atoms with Crippen LogP contribution in [0.25, 0.3) is 0 Å². The largest absolute Gasteiger partial charge is 0.455 e. The van der Waals surface area contributed by atoms with Crippen molar-refractivity contribution in [3.8, 4) is 0 Å². The minimum Gasteiger partial charge on any atom is -0.455 e. The average molecular weight is 434 g/mol. The molecule has 1 unspecified atom stereocenters. The quantitative estimate of drug-likeness (QED) is 0.211. The standard InChI is InChI=1S/C22H26O9/c1-8-7-12-17(27-12)22(6)18(31-22)16-13(9(2)19(24)28-16)15(14(8)26-11(4)23)29-20(25)21(5)10(3)30-21/h7,10,12-18H,2H2,1,3-6H3/b8-7-/t10-,12+,13?,14-,15-,16-,17+,18+,21-,22+/m0/s1. The highest BCUT2D eigenvalue weighted by atomic mass is 16.7. The van der Waals surface area contributed by atoms with E-state index < -0.39 is 59.4 Å². The van der Waals surface area contributed by atoms with Gasteiger partial charge in [0, 0.05) is 12.5 Å². The van der Waals surface area contributed by atoms with Gasteiger partial charge in [-0.3, -0.25) is 4.79 Å². The lowest BCUT2D eigenvalue weighted by Crippen LogP contribution is -2.48. The molecule has 0 spiro atoms. The molecule has 0 bridgehead atoms. The Morgan fingerprint density at radius 3 is 2.45 bits per heavy atom. The lowest BCUT2D eigenvalue weighted by molar-refractivity contribution is -0.173. The summed E-state index contributed by atoms with van der Waals surface area (Å²) in [7, 11) is 0. The summed E-state index contributed by atoms with van der Waals surface area (Å²) in [5, 5.41) is 0. The van der Waals surface area contributed by atoms with Gasteiger partial charge in [0.05, 0.1) is 12.0 Å². The van der Waals surface area contributed by atoms with Gasteiger partial charge in [-0.2, -0.15) is 0 Å². The molecule has 5 rings (SSSR count). The molecule has 0 N–H and O–H groups in total. The first kappa shape index (κ1) is 20.7. The molecule has 0 aromatic rings. The van der Waals surface area contributed by atoms with Crippen molar-refractivity contribution in [2.75, 3.05) is 0 Å².